The zero-order valence-electron chi connectivity index (χ0n) is 12.5. The van der Waals surface area contributed by atoms with Gasteiger partial charge in [0.25, 0.3) is 0 Å². The van der Waals surface area contributed by atoms with Crippen molar-refractivity contribution in [3.8, 4) is 0 Å². The summed E-state index contributed by atoms with van der Waals surface area (Å²) < 4.78 is 0. The van der Waals surface area contributed by atoms with Crippen LogP contribution in [0.4, 0.5) is 0 Å². The van der Waals surface area contributed by atoms with E-state index in [1.165, 1.54) is 25.7 Å². The van der Waals surface area contributed by atoms with Gasteiger partial charge in [-0.05, 0) is 43.8 Å². The normalized spacial score (nSPS) is 32.7. The van der Waals surface area contributed by atoms with Gasteiger partial charge in [-0.2, -0.15) is 11.8 Å². The Morgan fingerprint density at radius 3 is 2.75 bits per heavy atom. The Balaban J connectivity index is 1.62. The minimum absolute atomic E-state index is 0.547. The predicted molar refractivity (Wildman–Crippen MR) is 85.3 cm³/mol. The van der Waals surface area contributed by atoms with Crippen molar-refractivity contribution >= 4 is 17.7 Å². The van der Waals surface area contributed by atoms with Gasteiger partial charge in [-0.1, -0.05) is 6.42 Å². The number of nitrogens with one attached hydrogen (secondary N) is 1. The molecule has 2 N–H and O–H groups in total. The van der Waals surface area contributed by atoms with Crippen LogP contribution >= 0.6 is 11.8 Å². The first-order valence-corrected chi connectivity index (χ1v) is 9.14. The summed E-state index contributed by atoms with van der Waals surface area (Å²) in [7, 11) is 0. The Morgan fingerprint density at radius 2 is 2.20 bits per heavy atom. The monoisotopic (exact) mass is 297 g/mol. The molecule has 1 spiro atoms. The van der Waals surface area contributed by atoms with Crippen LogP contribution in [0.25, 0.3) is 0 Å². The van der Waals surface area contributed by atoms with E-state index in [1.54, 1.807) is 0 Å². The van der Waals surface area contributed by atoms with Crippen LogP contribution in [0.3, 0.4) is 0 Å². The number of hydrogen-bond donors (Lipinski definition) is 2. The van der Waals surface area contributed by atoms with Gasteiger partial charge in [-0.25, -0.2) is 0 Å². The van der Waals surface area contributed by atoms with Crippen LogP contribution in [-0.2, 0) is 0 Å². The highest BCUT2D eigenvalue weighted by Gasteiger charge is 2.43. The molecule has 0 aromatic heterocycles. The molecule has 20 heavy (non-hydrogen) atoms. The van der Waals surface area contributed by atoms with Crippen molar-refractivity contribution in [2.45, 2.75) is 44.6 Å². The van der Waals surface area contributed by atoms with Gasteiger partial charge in [0.15, 0.2) is 5.96 Å². The summed E-state index contributed by atoms with van der Waals surface area (Å²) in [4.78, 5) is 7.15. The molecule has 3 aliphatic rings. The minimum Gasteiger partial charge on any atom is -0.387 e. The summed E-state index contributed by atoms with van der Waals surface area (Å²) in [6.07, 6.45) is 6.38. The fraction of sp³-hybridized carbons (Fsp3) is 0.933. The van der Waals surface area contributed by atoms with E-state index >= 15 is 0 Å². The quantitative estimate of drug-likeness (QED) is 0.615. The van der Waals surface area contributed by atoms with Crippen LogP contribution in [0.2, 0.25) is 0 Å². The molecule has 0 amide bonds. The first-order valence-electron chi connectivity index (χ1n) is 7.98. The highest BCUT2D eigenvalue weighted by atomic mass is 32.2. The Kier molecular flexibility index (Phi) is 4.18. The Bertz CT molecular complexity index is 375. The molecule has 3 rings (SSSR count). The van der Waals surface area contributed by atoms with Crippen LogP contribution in [-0.4, -0.2) is 59.3 Å². The summed E-state index contributed by atoms with van der Waals surface area (Å²) in [6.45, 7) is 5.84. The van der Waals surface area contributed by atoms with Crippen molar-refractivity contribution in [2.75, 3.05) is 37.7 Å². The van der Waals surface area contributed by atoms with Crippen molar-refractivity contribution in [2.24, 2.45) is 10.4 Å². The molecule has 4 nitrogen and oxygen atoms in total. The highest BCUT2D eigenvalue weighted by Crippen LogP contribution is 2.47. The molecule has 0 aromatic carbocycles. The summed E-state index contributed by atoms with van der Waals surface area (Å²) in [5.41, 5.74) is 0.0233. The molecule has 2 heterocycles. The van der Waals surface area contributed by atoms with Crippen molar-refractivity contribution in [1.82, 2.24) is 10.2 Å². The lowest BCUT2D eigenvalue weighted by molar-refractivity contribution is 0.0775. The molecule has 5 heteroatoms. The minimum atomic E-state index is -0.570. The number of hydrogen-bond acceptors (Lipinski definition) is 3. The smallest absolute Gasteiger partial charge is 0.194 e. The van der Waals surface area contributed by atoms with Crippen LogP contribution in [0.1, 0.15) is 39.0 Å². The molecule has 0 bridgehead atoms. The van der Waals surface area contributed by atoms with Crippen molar-refractivity contribution in [1.29, 1.82) is 0 Å². The third-order valence-corrected chi connectivity index (χ3v) is 6.33. The van der Waals surface area contributed by atoms with Crippen LogP contribution in [0.15, 0.2) is 4.99 Å². The maximum absolute atomic E-state index is 10.4. The fourth-order valence-corrected chi connectivity index (χ4v) is 4.85. The predicted octanol–water partition coefficient (Wildman–Crippen LogP) is 1.70. The number of likely N-dealkylation sites (tertiary alicyclic amines) is 1. The second kappa shape index (κ2) is 5.76. The van der Waals surface area contributed by atoms with E-state index in [9.17, 15) is 5.11 Å². The molecular formula is C15H27N3OS. The van der Waals surface area contributed by atoms with E-state index in [0.29, 0.717) is 12.0 Å². The third kappa shape index (κ3) is 2.93. The van der Waals surface area contributed by atoms with Gasteiger partial charge in [0, 0.05) is 25.4 Å². The third-order valence-electron chi connectivity index (χ3n) is 5.09. The Hall–Kier alpha value is -0.420. The summed E-state index contributed by atoms with van der Waals surface area (Å²) in [5.74, 6) is 2.91. The highest BCUT2D eigenvalue weighted by molar-refractivity contribution is 7.99. The first kappa shape index (κ1) is 14.5. The molecule has 2 saturated heterocycles. The Morgan fingerprint density at radius 1 is 1.35 bits per heavy atom. The van der Waals surface area contributed by atoms with Gasteiger partial charge in [-0.15, -0.1) is 0 Å². The Labute approximate surface area is 126 Å². The van der Waals surface area contributed by atoms with Gasteiger partial charge < -0.3 is 15.3 Å². The number of rotatable bonds is 3. The SMILES string of the molecule is CCNC(=NCC1(O)CCSC1)N1CCC2(CCC2)C1. The molecule has 1 atom stereocenters. The lowest BCUT2D eigenvalue weighted by atomic mass is 9.68. The first-order chi connectivity index (χ1) is 9.65. The van der Waals surface area contributed by atoms with Crippen molar-refractivity contribution in [3.05, 3.63) is 0 Å². The lowest BCUT2D eigenvalue weighted by Gasteiger charge is -2.38. The van der Waals surface area contributed by atoms with Crippen LogP contribution < -0.4 is 5.32 Å². The maximum Gasteiger partial charge on any atom is 0.194 e. The lowest BCUT2D eigenvalue weighted by Crippen LogP contribution is -2.44. The summed E-state index contributed by atoms with van der Waals surface area (Å²) >= 11 is 1.84. The largest absolute Gasteiger partial charge is 0.387 e. The second-order valence-corrected chi connectivity index (χ2v) is 7.83. The summed E-state index contributed by atoms with van der Waals surface area (Å²) in [5, 5.41) is 13.8. The topological polar surface area (TPSA) is 47.9 Å². The van der Waals surface area contributed by atoms with Gasteiger partial charge in [0.1, 0.15) is 0 Å². The van der Waals surface area contributed by atoms with Gasteiger partial charge in [0.2, 0.25) is 0 Å². The van der Waals surface area contributed by atoms with E-state index < -0.39 is 5.60 Å². The van der Waals surface area contributed by atoms with Crippen molar-refractivity contribution < 1.29 is 5.11 Å². The second-order valence-electron chi connectivity index (χ2n) is 6.72. The summed E-state index contributed by atoms with van der Waals surface area (Å²) in [6, 6.07) is 0. The zero-order valence-corrected chi connectivity index (χ0v) is 13.3. The molecule has 1 saturated carbocycles. The van der Waals surface area contributed by atoms with E-state index in [4.69, 9.17) is 4.99 Å². The molecule has 1 unspecified atom stereocenters. The molecular weight excluding hydrogens is 270 g/mol. The number of thioether (sulfide) groups is 1. The number of aliphatic imine (C=N–C) groups is 1. The van der Waals surface area contributed by atoms with Crippen LogP contribution in [0, 0.1) is 5.41 Å². The van der Waals surface area contributed by atoms with E-state index in [0.717, 1.165) is 43.5 Å². The number of guanidine groups is 1. The van der Waals surface area contributed by atoms with Gasteiger partial charge in [0.05, 0.1) is 12.1 Å². The average Bonchev–Trinajstić information content (AvgIpc) is 3.01. The number of aliphatic hydroxyl groups is 1. The molecule has 2 aliphatic heterocycles. The molecule has 0 aromatic rings. The zero-order chi connectivity index (χ0) is 14.1. The molecule has 3 fully saturated rings. The van der Waals surface area contributed by atoms with Gasteiger partial charge in [-0.3, -0.25) is 4.99 Å². The molecule has 0 radical (unpaired) electrons. The maximum atomic E-state index is 10.4. The number of nitrogens with zero attached hydrogens (tertiary/aromatic N) is 2. The van der Waals surface area contributed by atoms with Crippen molar-refractivity contribution in [3.63, 3.8) is 0 Å². The van der Waals surface area contributed by atoms with Gasteiger partial charge >= 0.3 is 0 Å². The van der Waals surface area contributed by atoms with Crippen LogP contribution in [0.5, 0.6) is 0 Å². The molecule has 114 valence electrons. The fourth-order valence-electron chi connectivity index (χ4n) is 3.57. The van der Waals surface area contributed by atoms with E-state index in [2.05, 4.69) is 17.1 Å². The van der Waals surface area contributed by atoms with E-state index in [1.807, 2.05) is 11.8 Å². The average molecular weight is 297 g/mol. The molecule has 1 aliphatic carbocycles. The van der Waals surface area contributed by atoms with E-state index in [-0.39, 0.29) is 0 Å². The standard InChI is InChI=1S/C15H27N3OS/c1-2-16-13(17-10-15(19)7-9-20-12-15)18-8-6-14(11-18)4-3-5-14/h19H,2-12H2,1H3,(H,16,17).